The van der Waals surface area contributed by atoms with Crippen LogP contribution in [0, 0.1) is 6.92 Å². The number of nitrogens with one attached hydrogen (secondary N) is 2. The highest BCUT2D eigenvalue weighted by atomic mass is 32.2. The third-order valence-electron chi connectivity index (χ3n) is 5.00. The van der Waals surface area contributed by atoms with Gasteiger partial charge in [0.2, 0.25) is 11.8 Å². The van der Waals surface area contributed by atoms with E-state index >= 15 is 0 Å². The lowest BCUT2D eigenvalue weighted by Crippen LogP contribution is -2.18. The minimum Gasteiger partial charge on any atom is -0.493 e. The summed E-state index contributed by atoms with van der Waals surface area (Å²) in [5.41, 5.74) is 3.99. The van der Waals surface area contributed by atoms with Gasteiger partial charge >= 0.3 is 0 Å². The summed E-state index contributed by atoms with van der Waals surface area (Å²) in [5.74, 6) is 0.999. The second-order valence-corrected chi connectivity index (χ2v) is 8.80. The lowest BCUT2D eigenvalue weighted by atomic mass is 10.2. The molecule has 0 atom stereocenters. The van der Waals surface area contributed by atoms with Crippen molar-refractivity contribution in [2.45, 2.75) is 13.5 Å². The van der Waals surface area contributed by atoms with Crippen LogP contribution in [0.1, 0.15) is 11.3 Å². The highest BCUT2D eigenvalue weighted by Crippen LogP contribution is 2.31. The predicted octanol–water partition coefficient (Wildman–Crippen LogP) is 4.54. The number of aryl methyl sites for hydroxylation is 1. The maximum atomic E-state index is 12.4. The first-order valence-electron chi connectivity index (χ1n) is 11.0. The Morgan fingerprint density at radius 2 is 1.71 bits per heavy atom. The van der Waals surface area contributed by atoms with E-state index in [0.717, 1.165) is 22.6 Å². The van der Waals surface area contributed by atoms with Crippen molar-refractivity contribution in [1.29, 1.82) is 0 Å². The number of carbonyl (C=O) groups excluding carboxylic acids is 2. The predicted molar refractivity (Wildman–Crippen MR) is 138 cm³/mol. The Morgan fingerprint density at radius 3 is 2.43 bits per heavy atom. The summed E-state index contributed by atoms with van der Waals surface area (Å²) in [4.78, 5) is 29.0. The van der Waals surface area contributed by atoms with Crippen molar-refractivity contribution in [2.75, 3.05) is 29.2 Å². The van der Waals surface area contributed by atoms with Crippen LogP contribution < -0.4 is 20.1 Å². The molecule has 0 unspecified atom stereocenters. The number of anilines is 2. The molecule has 2 aromatic carbocycles. The summed E-state index contributed by atoms with van der Waals surface area (Å²) >= 11 is 1.24. The first-order valence-corrected chi connectivity index (χ1v) is 12.1. The number of carbonyl (C=O) groups is 2. The smallest absolute Gasteiger partial charge is 0.234 e. The lowest BCUT2D eigenvalue weighted by molar-refractivity contribution is -0.114. The second-order valence-electron chi connectivity index (χ2n) is 7.81. The molecule has 35 heavy (non-hydrogen) atoms. The highest BCUT2D eigenvalue weighted by Gasteiger charge is 2.11. The Morgan fingerprint density at radius 1 is 0.943 bits per heavy atom. The van der Waals surface area contributed by atoms with Crippen LogP contribution in [0.15, 0.2) is 73.1 Å². The number of fused-ring (bicyclic) bond motifs is 1. The van der Waals surface area contributed by atoms with E-state index in [2.05, 4.69) is 15.6 Å². The van der Waals surface area contributed by atoms with Crippen LogP contribution in [0.2, 0.25) is 0 Å². The third kappa shape index (κ3) is 6.77. The number of hydrogen-bond acceptors (Lipinski definition) is 6. The number of pyridine rings is 1. The van der Waals surface area contributed by atoms with Crippen LogP contribution in [-0.4, -0.2) is 39.8 Å². The van der Waals surface area contributed by atoms with Gasteiger partial charge in [-0.1, -0.05) is 18.2 Å². The molecule has 0 radical (unpaired) electrons. The van der Waals surface area contributed by atoms with Gasteiger partial charge in [0.25, 0.3) is 0 Å². The number of aromatic nitrogens is 2. The molecule has 2 heterocycles. The summed E-state index contributed by atoms with van der Waals surface area (Å²) < 4.78 is 13.2. The molecule has 2 aromatic heterocycles. The fourth-order valence-electron chi connectivity index (χ4n) is 3.43. The van der Waals surface area contributed by atoms with Crippen LogP contribution in [0.4, 0.5) is 11.4 Å². The van der Waals surface area contributed by atoms with Crippen molar-refractivity contribution < 1.29 is 19.1 Å². The number of ether oxygens (including phenoxy) is 2. The van der Waals surface area contributed by atoms with Crippen LogP contribution >= 0.6 is 11.8 Å². The summed E-state index contributed by atoms with van der Waals surface area (Å²) in [6.07, 6.45) is 3.83. The molecule has 0 bridgehead atoms. The quantitative estimate of drug-likeness (QED) is 0.339. The number of nitrogens with zero attached hydrogens (tertiary/aromatic N) is 2. The molecular formula is C26H26N4O4S. The normalized spacial score (nSPS) is 10.7. The molecular weight excluding hydrogens is 464 g/mol. The maximum absolute atomic E-state index is 12.4. The Balaban J connectivity index is 1.28. The van der Waals surface area contributed by atoms with Crippen molar-refractivity contribution in [2.24, 2.45) is 0 Å². The van der Waals surface area contributed by atoms with Crippen molar-refractivity contribution in [3.63, 3.8) is 0 Å². The van der Waals surface area contributed by atoms with E-state index in [0.29, 0.717) is 17.2 Å². The van der Waals surface area contributed by atoms with Crippen LogP contribution in [-0.2, 0) is 16.2 Å². The zero-order chi connectivity index (χ0) is 24.6. The Bertz CT molecular complexity index is 1300. The summed E-state index contributed by atoms with van der Waals surface area (Å²) in [6, 6.07) is 18.5. The van der Waals surface area contributed by atoms with Gasteiger partial charge in [0.05, 0.1) is 24.3 Å². The summed E-state index contributed by atoms with van der Waals surface area (Å²) in [5, 5.41) is 5.67. The van der Waals surface area contributed by atoms with E-state index < -0.39 is 0 Å². The van der Waals surface area contributed by atoms with Gasteiger partial charge in [-0.15, -0.1) is 11.8 Å². The molecule has 2 N–H and O–H groups in total. The highest BCUT2D eigenvalue weighted by molar-refractivity contribution is 8.00. The van der Waals surface area contributed by atoms with Gasteiger partial charge in [0, 0.05) is 29.8 Å². The standard InChI is InChI=1S/C26H26N4O4S/c1-18-6-5-7-19(12-18)28-25(31)16-35-17-26(32)29-20-9-10-22(33-2)23(13-20)34-15-21-14-30-11-4-3-8-24(30)27-21/h3-14H,15-17H2,1-2H3,(H,28,31)(H,29,32). The van der Waals surface area contributed by atoms with Gasteiger partial charge in [-0.25, -0.2) is 4.98 Å². The molecule has 0 fully saturated rings. The van der Waals surface area contributed by atoms with Gasteiger partial charge in [0.15, 0.2) is 11.5 Å². The number of imidazole rings is 1. The van der Waals surface area contributed by atoms with E-state index in [-0.39, 0.29) is 29.9 Å². The van der Waals surface area contributed by atoms with E-state index in [1.807, 2.05) is 66.2 Å². The summed E-state index contributed by atoms with van der Waals surface area (Å²) in [6.45, 7) is 2.21. The van der Waals surface area contributed by atoms with Gasteiger partial charge < -0.3 is 24.5 Å². The second kappa shape index (κ2) is 11.4. The molecule has 0 saturated carbocycles. The molecule has 0 spiro atoms. The van der Waals surface area contributed by atoms with Gasteiger partial charge in [0.1, 0.15) is 12.3 Å². The molecule has 8 nitrogen and oxygen atoms in total. The Hall–Kier alpha value is -3.98. The first-order chi connectivity index (χ1) is 17.0. The van der Waals surface area contributed by atoms with Crippen LogP contribution in [0.25, 0.3) is 5.65 Å². The zero-order valence-electron chi connectivity index (χ0n) is 19.5. The van der Waals surface area contributed by atoms with Crippen molar-refractivity contribution in [3.8, 4) is 11.5 Å². The fraction of sp³-hybridized carbons (Fsp3) is 0.192. The molecule has 4 aromatic rings. The molecule has 0 aliphatic rings. The van der Waals surface area contributed by atoms with Crippen molar-refractivity contribution >= 4 is 40.6 Å². The molecule has 0 aliphatic carbocycles. The molecule has 9 heteroatoms. The van der Waals surface area contributed by atoms with Crippen molar-refractivity contribution in [1.82, 2.24) is 9.38 Å². The van der Waals surface area contributed by atoms with E-state index in [4.69, 9.17) is 9.47 Å². The number of rotatable bonds is 10. The van der Waals surface area contributed by atoms with Gasteiger partial charge in [-0.2, -0.15) is 0 Å². The zero-order valence-corrected chi connectivity index (χ0v) is 20.3. The van der Waals surface area contributed by atoms with Crippen molar-refractivity contribution in [3.05, 3.63) is 84.3 Å². The van der Waals surface area contributed by atoms with E-state index in [1.165, 1.54) is 11.8 Å². The number of methoxy groups -OCH3 is 1. The Labute approximate surface area is 207 Å². The number of thioether (sulfide) groups is 1. The first kappa shape index (κ1) is 24.2. The van der Waals surface area contributed by atoms with Gasteiger partial charge in [-0.3, -0.25) is 9.59 Å². The largest absolute Gasteiger partial charge is 0.493 e. The lowest BCUT2D eigenvalue weighted by Gasteiger charge is -2.12. The van der Waals surface area contributed by atoms with E-state index in [1.54, 1.807) is 25.3 Å². The third-order valence-corrected chi connectivity index (χ3v) is 5.94. The molecule has 2 amide bonds. The fourth-order valence-corrected chi connectivity index (χ4v) is 4.05. The summed E-state index contributed by atoms with van der Waals surface area (Å²) in [7, 11) is 1.56. The minimum absolute atomic E-state index is 0.144. The van der Waals surface area contributed by atoms with Gasteiger partial charge in [-0.05, 0) is 48.9 Å². The minimum atomic E-state index is -0.213. The van der Waals surface area contributed by atoms with Crippen LogP contribution in [0.5, 0.6) is 11.5 Å². The average molecular weight is 491 g/mol. The van der Waals surface area contributed by atoms with E-state index in [9.17, 15) is 9.59 Å². The number of amides is 2. The monoisotopic (exact) mass is 490 g/mol. The topological polar surface area (TPSA) is 94.0 Å². The SMILES string of the molecule is COc1ccc(NC(=O)CSCC(=O)Nc2cccc(C)c2)cc1OCc1cn2ccccc2n1. The average Bonchev–Trinajstić information content (AvgIpc) is 3.26. The molecule has 180 valence electrons. The molecule has 4 rings (SSSR count). The Kier molecular flexibility index (Phi) is 7.89. The van der Waals surface area contributed by atoms with Crippen LogP contribution in [0.3, 0.4) is 0 Å². The number of benzene rings is 2. The molecule has 0 saturated heterocycles. The number of hydrogen-bond donors (Lipinski definition) is 2. The maximum Gasteiger partial charge on any atom is 0.234 e. The molecule has 0 aliphatic heterocycles.